The largest absolute Gasteiger partial charge is 0.392 e. The van der Waals surface area contributed by atoms with Crippen molar-refractivity contribution in [2.75, 3.05) is 6.61 Å². The smallest absolute Gasteiger partial charge is 0.100 e. The first-order chi connectivity index (χ1) is 16.4. The Morgan fingerprint density at radius 1 is 0.545 bits per heavy atom. The average molecular weight is 431 g/mol. The van der Waals surface area contributed by atoms with E-state index in [0.29, 0.717) is 6.42 Å². The van der Waals surface area contributed by atoms with Gasteiger partial charge in [0.1, 0.15) is 11.4 Å². The Bertz CT molecular complexity index is 1200. The van der Waals surface area contributed by atoms with Gasteiger partial charge < -0.3 is 5.11 Å². The molecule has 162 valence electrons. The molecule has 4 aromatic carbocycles. The van der Waals surface area contributed by atoms with E-state index < -0.39 is 0 Å². The molecule has 0 spiro atoms. The van der Waals surface area contributed by atoms with Gasteiger partial charge in [0.2, 0.25) is 0 Å². The molecule has 0 aliphatic carbocycles. The van der Waals surface area contributed by atoms with Crippen molar-refractivity contribution < 1.29 is 5.11 Å². The van der Waals surface area contributed by atoms with Crippen LogP contribution in [0.4, 0.5) is 0 Å². The Hall–Kier alpha value is -4.08. The third-order valence-electron chi connectivity index (χ3n) is 5.27. The number of rotatable bonds is 8. The summed E-state index contributed by atoms with van der Waals surface area (Å²) in [5.74, 6) is 0. The topological polar surface area (TPSA) is 45.0 Å². The first-order valence-corrected chi connectivity index (χ1v) is 11.0. The van der Waals surface area contributed by atoms with E-state index in [0.717, 1.165) is 39.2 Å². The van der Waals surface area contributed by atoms with Gasteiger partial charge in [-0.25, -0.2) is 0 Å². The number of aliphatic hydroxyl groups excluding tert-OH is 1. The SMILES string of the molecule is OC/C=C/Cc1ccccc1/C(=N/N=C(c1ccccc1)c1ccccc1)c1ccccc1. The second-order valence-electron chi connectivity index (χ2n) is 7.51. The molecule has 0 aromatic heterocycles. The second kappa shape index (κ2) is 11.5. The third kappa shape index (κ3) is 5.79. The first kappa shape index (κ1) is 22.1. The predicted molar refractivity (Wildman–Crippen MR) is 137 cm³/mol. The standard InChI is InChI=1S/C30H26N2O/c33-23-13-12-15-24-14-10-11-22-28(24)30(27-20-8-3-9-21-27)32-31-29(25-16-4-1-5-17-25)26-18-6-2-7-19-26/h1-14,16-22,33H,15,23H2/b13-12+,32-30+. The van der Waals surface area contributed by atoms with E-state index in [1.54, 1.807) is 6.08 Å². The summed E-state index contributed by atoms with van der Waals surface area (Å²) in [6, 6.07) is 38.6. The van der Waals surface area contributed by atoms with E-state index in [1.165, 1.54) is 0 Å². The molecule has 3 nitrogen and oxygen atoms in total. The van der Waals surface area contributed by atoms with Gasteiger partial charge in [0, 0.05) is 22.3 Å². The molecule has 0 aliphatic rings. The summed E-state index contributed by atoms with van der Waals surface area (Å²) >= 11 is 0. The zero-order chi connectivity index (χ0) is 22.7. The summed E-state index contributed by atoms with van der Waals surface area (Å²) in [7, 11) is 0. The van der Waals surface area contributed by atoms with E-state index in [2.05, 4.69) is 48.5 Å². The molecule has 0 radical (unpaired) electrons. The molecule has 0 bridgehead atoms. The van der Waals surface area contributed by atoms with Crippen LogP contribution in [-0.2, 0) is 6.42 Å². The molecule has 33 heavy (non-hydrogen) atoms. The van der Waals surface area contributed by atoms with Gasteiger partial charge in [0.05, 0.1) is 6.61 Å². The highest BCUT2D eigenvalue weighted by molar-refractivity contribution is 6.16. The monoisotopic (exact) mass is 430 g/mol. The van der Waals surface area contributed by atoms with Crippen molar-refractivity contribution in [3.8, 4) is 0 Å². The van der Waals surface area contributed by atoms with Crippen LogP contribution in [0, 0.1) is 0 Å². The summed E-state index contributed by atoms with van der Waals surface area (Å²) in [6.07, 6.45) is 4.44. The molecular formula is C30H26N2O. The Morgan fingerprint density at radius 3 is 1.55 bits per heavy atom. The van der Waals surface area contributed by atoms with Gasteiger partial charge >= 0.3 is 0 Å². The number of aliphatic hydroxyl groups is 1. The molecule has 0 fully saturated rings. The summed E-state index contributed by atoms with van der Waals surface area (Å²) < 4.78 is 0. The normalized spacial score (nSPS) is 11.5. The summed E-state index contributed by atoms with van der Waals surface area (Å²) in [6.45, 7) is 0.0314. The number of nitrogens with zero attached hydrogens (tertiary/aromatic N) is 2. The van der Waals surface area contributed by atoms with Crippen molar-refractivity contribution in [1.82, 2.24) is 0 Å². The zero-order valence-electron chi connectivity index (χ0n) is 18.4. The Kier molecular flexibility index (Phi) is 7.72. The lowest BCUT2D eigenvalue weighted by Crippen LogP contribution is -2.08. The van der Waals surface area contributed by atoms with Crippen molar-refractivity contribution in [2.45, 2.75) is 6.42 Å². The van der Waals surface area contributed by atoms with Gasteiger partial charge in [0.25, 0.3) is 0 Å². The van der Waals surface area contributed by atoms with Crippen LogP contribution in [0.5, 0.6) is 0 Å². The summed E-state index contributed by atoms with van der Waals surface area (Å²) in [4.78, 5) is 0. The molecule has 0 aliphatic heterocycles. The average Bonchev–Trinajstić information content (AvgIpc) is 2.89. The maximum absolute atomic E-state index is 9.13. The molecule has 0 unspecified atom stereocenters. The van der Waals surface area contributed by atoms with Crippen molar-refractivity contribution >= 4 is 11.4 Å². The minimum atomic E-state index is 0.0314. The Morgan fingerprint density at radius 2 is 1.00 bits per heavy atom. The fourth-order valence-electron chi connectivity index (χ4n) is 3.65. The molecule has 0 heterocycles. The number of hydrogen-bond acceptors (Lipinski definition) is 3. The lowest BCUT2D eigenvalue weighted by Gasteiger charge is -2.11. The maximum atomic E-state index is 9.13. The van der Waals surface area contributed by atoms with Gasteiger partial charge in [-0.15, -0.1) is 10.2 Å². The fourth-order valence-corrected chi connectivity index (χ4v) is 3.65. The molecule has 4 aromatic rings. The highest BCUT2D eigenvalue weighted by atomic mass is 16.2. The van der Waals surface area contributed by atoms with Crippen LogP contribution in [0.2, 0.25) is 0 Å². The number of benzene rings is 4. The van der Waals surface area contributed by atoms with Crippen molar-refractivity contribution in [3.05, 3.63) is 155 Å². The molecule has 3 heteroatoms. The van der Waals surface area contributed by atoms with E-state index in [1.807, 2.05) is 72.8 Å². The number of hydrogen-bond donors (Lipinski definition) is 1. The molecule has 0 saturated heterocycles. The Balaban J connectivity index is 1.87. The molecule has 0 amide bonds. The van der Waals surface area contributed by atoms with Crippen molar-refractivity contribution in [2.24, 2.45) is 10.2 Å². The highest BCUT2D eigenvalue weighted by Gasteiger charge is 2.12. The second-order valence-corrected chi connectivity index (χ2v) is 7.51. The summed E-state index contributed by atoms with van der Waals surface area (Å²) in [5.41, 5.74) is 6.81. The molecule has 4 rings (SSSR count). The van der Waals surface area contributed by atoms with E-state index in [4.69, 9.17) is 15.3 Å². The number of allylic oxidation sites excluding steroid dienone is 1. The fraction of sp³-hybridized carbons (Fsp3) is 0.0667. The first-order valence-electron chi connectivity index (χ1n) is 11.0. The van der Waals surface area contributed by atoms with Crippen LogP contribution in [0.1, 0.15) is 27.8 Å². The molecule has 0 atom stereocenters. The quantitative estimate of drug-likeness (QED) is 0.206. The van der Waals surface area contributed by atoms with Crippen LogP contribution >= 0.6 is 0 Å². The van der Waals surface area contributed by atoms with Crippen LogP contribution in [0.15, 0.2) is 138 Å². The van der Waals surface area contributed by atoms with Crippen LogP contribution in [0.3, 0.4) is 0 Å². The molecule has 1 N–H and O–H groups in total. The predicted octanol–water partition coefficient (Wildman–Crippen LogP) is 6.07. The lowest BCUT2D eigenvalue weighted by molar-refractivity contribution is 0.342. The van der Waals surface area contributed by atoms with Gasteiger partial charge in [0.15, 0.2) is 0 Å². The van der Waals surface area contributed by atoms with Gasteiger partial charge in [-0.1, -0.05) is 127 Å². The Labute approximate surface area is 195 Å². The minimum Gasteiger partial charge on any atom is -0.392 e. The molecule has 0 saturated carbocycles. The zero-order valence-corrected chi connectivity index (χ0v) is 18.4. The maximum Gasteiger partial charge on any atom is 0.100 e. The van der Waals surface area contributed by atoms with Crippen LogP contribution in [0.25, 0.3) is 0 Å². The van der Waals surface area contributed by atoms with Crippen molar-refractivity contribution in [3.63, 3.8) is 0 Å². The van der Waals surface area contributed by atoms with E-state index in [-0.39, 0.29) is 6.61 Å². The van der Waals surface area contributed by atoms with E-state index >= 15 is 0 Å². The van der Waals surface area contributed by atoms with Crippen LogP contribution in [-0.4, -0.2) is 23.1 Å². The molecular weight excluding hydrogens is 404 g/mol. The van der Waals surface area contributed by atoms with E-state index in [9.17, 15) is 0 Å². The summed E-state index contributed by atoms with van der Waals surface area (Å²) in [5, 5.41) is 18.8. The van der Waals surface area contributed by atoms with Gasteiger partial charge in [-0.05, 0) is 12.0 Å². The highest BCUT2D eigenvalue weighted by Crippen LogP contribution is 2.18. The lowest BCUT2D eigenvalue weighted by atomic mass is 9.96. The van der Waals surface area contributed by atoms with Crippen molar-refractivity contribution in [1.29, 1.82) is 0 Å². The van der Waals surface area contributed by atoms with Gasteiger partial charge in [-0.2, -0.15) is 0 Å². The minimum absolute atomic E-state index is 0.0314. The third-order valence-corrected chi connectivity index (χ3v) is 5.27. The van der Waals surface area contributed by atoms with Gasteiger partial charge in [-0.3, -0.25) is 0 Å². The van der Waals surface area contributed by atoms with Crippen LogP contribution < -0.4 is 0 Å².